The Kier molecular flexibility index (Phi) is 5.48. The number of amides is 1. The molecule has 0 radical (unpaired) electrons. The molecule has 1 aliphatic heterocycles. The monoisotopic (exact) mass is 346 g/mol. The van der Waals surface area contributed by atoms with Crippen molar-refractivity contribution in [2.45, 2.75) is 13.0 Å². The highest BCUT2D eigenvalue weighted by Gasteiger charge is 2.22. The van der Waals surface area contributed by atoms with Crippen LogP contribution < -0.4 is 0 Å². The molecule has 0 aliphatic carbocycles. The molecule has 0 atom stereocenters. The zero-order valence-electron chi connectivity index (χ0n) is 13.4. The Bertz CT molecular complexity index is 714. The molecule has 3 nitrogen and oxygen atoms in total. The molecule has 3 rings (SSSR count). The molecule has 1 amide bonds. The van der Waals surface area contributed by atoms with Crippen LogP contribution in [0.2, 0.25) is 5.02 Å². The van der Waals surface area contributed by atoms with Gasteiger partial charge in [-0.25, -0.2) is 4.39 Å². The van der Waals surface area contributed by atoms with Crippen molar-refractivity contribution in [3.63, 3.8) is 0 Å². The van der Waals surface area contributed by atoms with Gasteiger partial charge in [0.15, 0.2) is 0 Å². The van der Waals surface area contributed by atoms with Crippen LogP contribution in [0.1, 0.15) is 11.1 Å². The zero-order chi connectivity index (χ0) is 16.9. The standard InChI is InChI=1S/C19H20ClFN2O/c20-17-7-3-1-5-15(17)13-19(24)23-11-9-22(10-12-23)14-16-6-2-4-8-18(16)21/h1-8H,9-14H2. The van der Waals surface area contributed by atoms with Gasteiger partial charge in [-0.2, -0.15) is 0 Å². The highest BCUT2D eigenvalue weighted by Crippen LogP contribution is 2.17. The van der Waals surface area contributed by atoms with E-state index in [-0.39, 0.29) is 11.7 Å². The van der Waals surface area contributed by atoms with Crippen LogP contribution in [0.25, 0.3) is 0 Å². The Morgan fingerprint density at radius 2 is 1.58 bits per heavy atom. The summed E-state index contributed by atoms with van der Waals surface area (Å²) >= 11 is 6.12. The van der Waals surface area contributed by atoms with Gasteiger partial charge in [-0.15, -0.1) is 0 Å². The van der Waals surface area contributed by atoms with Gasteiger partial charge in [0.1, 0.15) is 5.82 Å². The fourth-order valence-corrected chi connectivity index (χ4v) is 3.14. The molecular weight excluding hydrogens is 327 g/mol. The maximum Gasteiger partial charge on any atom is 0.227 e. The predicted octanol–water partition coefficient (Wildman–Crippen LogP) is 3.37. The Hall–Kier alpha value is -1.91. The summed E-state index contributed by atoms with van der Waals surface area (Å²) in [6, 6.07) is 14.3. The molecule has 24 heavy (non-hydrogen) atoms. The third-order valence-corrected chi connectivity index (χ3v) is 4.75. The molecule has 1 fully saturated rings. The largest absolute Gasteiger partial charge is 0.340 e. The van der Waals surface area contributed by atoms with Crippen LogP contribution >= 0.6 is 11.6 Å². The average molecular weight is 347 g/mol. The molecule has 5 heteroatoms. The highest BCUT2D eigenvalue weighted by atomic mass is 35.5. The fourth-order valence-electron chi connectivity index (χ4n) is 2.94. The second kappa shape index (κ2) is 7.77. The number of benzene rings is 2. The Morgan fingerprint density at radius 3 is 2.25 bits per heavy atom. The Balaban J connectivity index is 1.52. The van der Waals surface area contributed by atoms with E-state index in [1.165, 1.54) is 6.07 Å². The predicted molar refractivity (Wildman–Crippen MR) is 93.4 cm³/mol. The summed E-state index contributed by atoms with van der Waals surface area (Å²) in [5.74, 6) is -0.0802. The summed E-state index contributed by atoms with van der Waals surface area (Å²) in [4.78, 5) is 16.5. The SMILES string of the molecule is O=C(Cc1ccccc1Cl)N1CCN(Cc2ccccc2F)CC1. The fraction of sp³-hybridized carbons (Fsp3) is 0.316. The third-order valence-electron chi connectivity index (χ3n) is 4.38. The summed E-state index contributed by atoms with van der Waals surface area (Å²) in [5.41, 5.74) is 1.56. The third kappa shape index (κ3) is 4.13. The maximum atomic E-state index is 13.7. The first-order valence-corrected chi connectivity index (χ1v) is 8.48. The van der Waals surface area contributed by atoms with Crippen molar-refractivity contribution < 1.29 is 9.18 Å². The number of rotatable bonds is 4. The minimum atomic E-state index is -0.172. The molecule has 0 N–H and O–H groups in total. The molecular formula is C19H20ClFN2O. The molecule has 2 aromatic carbocycles. The normalized spacial score (nSPS) is 15.5. The number of carbonyl (C=O) groups excluding carboxylic acids is 1. The van der Waals surface area contributed by atoms with Gasteiger partial charge in [0.2, 0.25) is 5.91 Å². The van der Waals surface area contributed by atoms with E-state index in [2.05, 4.69) is 4.90 Å². The Labute approximate surface area is 146 Å². The molecule has 2 aromatic rings. The van der Waals surface area contributed by atoms with Crippen molar-refractivity contribution >= 4 is 17.5 Å². The number of piperazine rings is 1. The molecule has 0 aromatic heterocycles. The summed E-state index contributed by atoms with van der Waals surface area (Å²) < 4.78 is 13.7. The van der Waals surface area contributed by atoms with Crippen LogP contribution in [0.5, 0.6) is 0 Å². The number of carbonyl (C=O) groups is 1. The summed E-state index contributed by atoms with van der Waals surface area (Å²) in [6.45, 7) is 3.42. The van der Waals surface area contributed by atoms with Crippen LogP contribution in [0.3, 0.4) is 0 Å². The molecule has 1 heterocycles. The van der Waals surface area contributed by atoms with Crippen molar-refractivity contribution in [2.24, 2.45) is 0 Å². The van der Waals surface area contributed by atoms with E-state index in [1.807, 2.05) is 35.2 Å². The van der Waals surface area contributed by atoms with E-state index in [0.29, 0.717) is 36.6 Å². The smallest absolute Gasteiger partial charge is 0.227 e. The number of nitrogens with zero attached hydrogens (tertiary/aromatic N) is 2. The van der Waals surface area contributed by atoms with E-state index in [9.17, 15) is 9.18 Å². The van der Waals surface area contributed by atoms with E-state index in [1.54, 1.807) is 12.1 Å². The second-order valence-corrected chi connectivity index (χ2v) is 6.42. The van der Waals surface area contributed by atoms with E-state index in [0.717, 1.165) is 18.7 Å². The van der Waals surface area contributed by atoms with E-state index < -0.39 is 0 Å². The van der Waals surface area contributed by atoms with Crippen molar-refractivity contribution in [3.8, 4) is 0 Å². The first kappa shape index (κ1) is 16.9. The van der Waals surface area contributed by atoms with Gasteiger partial charge in [-0.05, 0) is 17.7 Å². The van der Waals surface area contributed by atoms with Gasteiger partial charge in [0.25, 0.3) is 0 Å². The number of hydrogen-bond donors (Lipinski definition) is 0. The lowest BCUT2D eigenvalue weighted by Crippen LogP contribution is -2.48. The molecule has 0 saturated carbocycles. The minimum absolute atomic E-state index is 0.0913. The van der Waals surface area contributed by atoms with Gasteiger partial charge < -0.3 is 4.90 Å². The number of hydrogen-bond acceptors (Lipinski definition) is 2. The molecule has 0 spiro atoms. The quantitative estimate of drug-likeness (QED) is 0.847. The topological polar surface area (TPSA) is 23.6 Å². The Morgan fingerprint density at radius 1 is 0.958 bits per heavy atom. The summed E-state index contributed by atoms with van der Waals surface area (Å²) in [6.07, 6.45) is 0.326. The molecule has 1 aliphatic rings. The van der Waals surface area contributed by atoms with Crippen molar-refractivity contribution in [3.05, 3.63) is 70.5 Å². The van der Waals surface area contributed by atoms with Gasteiger partial charge in [-0.1, -0.05) is 48.0 Å². The zero-order valence-corrected chi connectivity index (χ0v) is 14.2. The maximum absolute atomic E-state index is 13.7. The lowest BCUT2D eigenvalue weighted by molar-refractivity contribution is -0.132. The summed E-state index contributed by atoms with van der Waals surface area (Å²) in [7, 11) is 0. The lowest BCUT2D eigenvalue weighted by atomic mass is 10.1. The van der Waals surface area contributed by atoms with Gasteiger partial charge in [0, 0.05) is 43.3 Å². The van der Waals surface area contributed by atoms with Crippen LogP contribution in [0.15, 0.2) is 48.5 Å². The van der Waals surface area contributed by atoms with Crippen molar-refractivity contribution in [2.75, 3.05) is 26.2 Å². The van der Waals surface area contributed by atoms with Gasteiger partial charge >= 0.3 is 0 Å². The lowest BCUT2D eigenvalue weighted by Gasteiger charge is -2.35. The van der Waals surface area contributed by atoms with Crippen molar-refractivity contribution in [1.82, 2.24) is 9.80 Å². The number of halogens is 2. The first-order valence-electron chi connectivity index (χ1n) is 8.10. The highest BCUT2D eigenvalue weighted by molar-refractivity contribution is 6.31. The van der Waals surface area contributed by atoms with Crippen LogP contribution in [-0.4, -0.2) is 41.9 Å². The van der Waals surface area contributed by atoms with Crippen LogP contribution in [0, 0.1) is 5.82 Å². The van der Waals surface area contributed by atoms with E-state index >= 15 is 0 Å². The first-order chi connectivity index (χ1) is 11.6. The summed E-state index contributed by atoms with van der Waals surface area (Å²) in [5, 5.41) is 0.629. The van der Waals surface area contributed by atoms with Crippen LogP contribution in [0.4, 0.5) is 4.39 Å². The van der Waals surface area contributed by atoms with Gasteiger partial charge in [0.05, 0.1) is 6.42 Å². The minimum Gasteiger partial charge on any atom is -0.340 e. The molecule has 126 valence electrons. The van der Waals surface area contributed by atoms with E-state index in [4.69, 9.17) is 11.6 Å². The molecule has 0 bridgehead atoms. The molecule has 0 unspecified atom stereocenters. The molecule has 1 saturated heterocycles. The van der Waals surface area contributed by atoms with Crippen molar-refractivity contribution in [1.29, 1.82) is 0 Å². The van der Waals surface area contributed by atoms with Crippen LogP contribution in [-0.2, 0) is 17.8 Å². The average Bonchev–Trinajstić information content (AvgIpc) is 2.59. The van der Waals surface area contributed by atoms with Gasteiger partial charge in [-0.3, -0.25) is 9.69 Å². The second-order valence-electron chi connectivity index (χ2n) is 6.02.